The van der Waals surface area contributed by atoms with Gasteiger partial charge in [0.05, 0.1) is 11.6 Å². The number of likely N-dealkylation sites (tertiary alicyclic amines) is 2. The Morgan fingerprint density at radius 2 is 1.84 bits per heavy atom. The molecule has 136 valence electrons. The molecule has 2 heterocycles. The van der Waals surface area contributed by atoms with Crippen LogP contribution in [0.1, 0.15) is 50.5 Å². The third kappa shape index (κ3) is 2.89. The van der Waals surface area contributed by atoms with Crippen LogP contribution in [0.5, 0.6) is 0 Å². The van der Waals surface area contributed by atoms with Gasteiger partial charge in [0.2, 0.25) is 5.91 Å². The molecule has 3 fully saturated rings. The average molecular weight is 342 g/mol. The standard InChI is InChI=1S/C21H30N2O2/c1-22-14-7-12-19(22)20(24)23-15-13-21(25,16-8-3-2-4-9-16)17-10-5-6-11-18(17)23/h2-4,8-9,17-19,25H,5-7,10-15H2,1H3/t17?,18?,19-,21?/m1/s1. The van der Waals surface area contributed by atoms with E-state index in [1.165, 1.54) is 0 Å². The number of carbonyl (C=O) groups is 1. The van der Waals surface area contributed by atoms with E-state index in [1.807, 2.05) is 30.3 Å². The van der Waals surface area contributed by atoms with Crippen LogP contribution in [0.3, 0.4) is 0 Å². The smallest absolute Gasteiger partial charge is 0.240 e. The highest BCUT2D eigenvalue weighted by molar-refractivity contribution is 5.82. The van der Waals surface area contributed by atoms with Crippen LogP contribution < -0.4 is 0 Å². The van der Waals surface area contributed by atoms with Crippen molar-refractivity contribution in [3.05, 3.63) is 35.9 Å². The topological polar surface area (TPSA) is 43.8 Å². The first-order valence-electron chi connectivity index (χ1n) is 9.90. The molecule has 1 N–H and O–H groups in total. The number of hydrogen-bond acceptors (Lipinski definition) is 3. The van der Waals surface area contributed by atoms with Gasteiger partial charge in [-0.2, -0.15) is 0 Å². The quantitative estimate of drug-likeness (QED) is 0.899. The van der Waals surface area contributed by atoms with E-state index in [0.29, 0.717) is 18.9 Å². The molecule has 0 aromatic heterocycles. The van der Waals surface area contributed by atoms with Crippen molar-refractivity contribution in [1.82, 2.24) is 9.80 Å². The van der Waals surface area contributed by atoms with Gasteiger partial charge in [0.1, 0.15) is 0 Å². The molecule has 4 atom stereocenters. The Hall–Kier alpha value is -1.39. The zero-order valence-corrected chi connectivity index (χ0v) is 15.2. The molecule has 4 nitrogen and oxygen atoms in total. The molecule has 0 bridgehead atoms. The highest BCUT2D eigenvalue weighted by atomic mass is 16.3. The van der Waals surface area contributed by atoms with Crippen LogP contribution in [0, 0.1) is 5.92 Å². The van der Waals surface area contributed by atoms with Crippen molar-refractivity contribution >= 4 is 5.91 Å². The molecule has 1 aliphatic carbocycles. The number of amides is 1. The molecule has 2 saturated heterocycles. The first kappa shape index (κ1) is 17.0. The van der Waals surface area contributed by atoms with Crippen LogP contribution in [0.4, 0.5) is 0 Å². The fourth-order valence-electron chi connectivity index (χ4n) is 5.46. The molecule has 0 spiro atoms. The number of benzene rings is 1. The van der Waals surface area contributed by atoms with Crippen molar-refractivity contribution < 1.29 is 9.90 Å². The molecule has 3 unspecified atom stereocenters. The number of piperidine rings is 1. The van der Waals surface area contributed by atoms with Gasteiger partial charge in [-0.25, -0.2) is 0 Å². The van der Waals surface area contributed by atoms with Crippen molar-refractivity contribution in [3.8, 4) is 0 Å². The van der Waals surface area contributed by atoms with Crippen molar-refractivity contribution in [1.29, 1.82) is 0 Å². The maximum atomic E-state index is 13.2. The molecule has 1 amide bonds. The number of likely N-dealkylation sites (N-methyl/N-ethyl adjacent to an activating group) is 1. The van der Waals surface area contributed by atoms with Gasteiger partial charge in [0, 0.05) is 18.5 Å². The maximum absolute atomic E-state index is 13.2. The van der Waals surface area contributed by atoms with Crippen molar-refractivity contribution in [2.24, 2.45) is 5.92 Å². The summed E-state index contributed by atoms with van der Waals surface area (Å²) in [6.07, 6.45) is 7.11. The zero-order chi connectivity index (χ0) is 17.4. The van der Waals surface area contributed by atoms with Crippen molar-refractivity contribution in [3.63, 3.8) is 0 Å². The summed E-state index contributed by atoms with van der Waals surface area (Å²) < 4.78 is 0. The van der Waals surface area contributed by atoms with Crippen LogP contribution in [0.25, 0.3) is 0 Å². The lowest BCUT2D eigenvalue weighted by atomic mass is 9.66. The summed E-state index contributed by atoms with van der Waals surface area (Å²) in [5, 5.41) is 11.6. The minimum Gasteiger partial charge on any atom is -0.385 e. The summed E-state index contributed by atoms with van der Waals surface area (Å²) in [5.74, 6) is 0.458. The Balaban J connectivity index is 1.61. The van der Waals surface area contributed by atoms with Gasteiger partial charge < -0.3 is 10.0 Å². The van der Waals surface area contributed by atoms with Gasteiger partial charge in [-0.3, -0.25) is 9.69 Å². The number of fused-ring (bicyclic) bond motifs is 1. The molecule has 1 saturated carbocycles. The largest absolute Gasteiger partial charge is 0.385 e. The lowest BCUT2D eigenvalue weighted by molar-refractivity contribution is -0.158. The molecular weight excluding hydrogens is 312 g/mol. The van der Waals surface area contributed by atoms with Gasteiger partial charge >= 0.3 is 0 Å². The Kier molecular flexibility index (Phi) is 4.59. The van der Waals surface area contributed by atoms with E-state index < -0.39 is 5.60 Å². The highest BCUT2D eigenvalue weighted by Crippen LogP contribution is 2.47. The van der Waals surface area contributed by atoms with Gasteiger partial charge in [-0.15, -0.1) is 0 Å². The molecule has 3 aliphatic rings. The van der Waals surface area contributed by atoms with E-state index in [2.05, 4.69) is 16.8 Å². The van der Waals surface area contributed by atoms with Crippen LogP contribution in [-0.4, -0.2) is 53.0 Å². The van der Waals surface area contributed by atoms with Gasteiger partial charge in [0.25, 0.3) is 0 Å². The Bertz CT molecular complexity index is 620. The predicted octanol–water partition coefficient (Wildman–Crippen LogP) is 2.76. The van der Waals surface area contributed by atoms with Gasteiger partial charge in [-0.05, 0) is 51.3 Å². The minimum atomic E-state index is -0.787. The van der Waals surface area contributed by atoms with Crippen molar-refractivity contribution in [2.75, 3.05) is 20.1 Å². The van der Waals surface area contributed by atoms with Crippen LogP contribution in [-0.2, 0) is 10.4 Å². The third-order valence-electron chi connectivity index (χ3n) is 6.84. The second-order valence-corrected chi connectivity index (χ2v) is 8.17. The Labute approximate surface area is 150 Å². The first-order valence-corrected chi connectivity index (χ1v) is 9.90. The van der Waals surface area contributed by atoms with E-state index in [0.717, 1.165) is 50.6 Å². The van der Waals surface area contributed by atoms with E-state index in [1.54, 1.807) is 0 Å². The highest BCUT2D eigenvalue weighted by Gasteiger charge is 2.51. The monoisotopic (exact) mass is 342 g/mol. The van der Waals surface area contributed by atoms with Crippen LogP contribution >= 0.6 is 0 Å². The number of carbonyl (C=O) groups excluding carboxylic acids is 1. The lowest BCUT2D eigenvalue weighted by Gasteiger charge is -2.53. The van der Waals surface area contributed by atoms with Gasteiger partial charge in [0.15, 0.2) is 0 Å². The van der Waals surface area contributed by atoms with E-state index >= 15 is 0 Å². The minimum absolute atomic E-state index is 0.0468. The maximum Gasteiger partial charge on any atom is 0.240 e. The fourth-order valence-corrected chi connectivity index (χ4v) is 5.46. The normalized spacial score (nSPS) is 36.2. The molecular formula is C21H30N2O2. The fraction of sp³-hybridized carbons (Fsp3) is 0.667. The molecule has 2 aliphatic heterocycles. The van der Waals surface area contributed by atoms with Crippen LogP contribution in [0.15, 0.2) is 30.3 Å². The van der Waals surface area contributed by atoms with Crippen LogP contribution in [0.2, 0.25) is 0 Å². The summed E-state index contributed by atoms with van der Waals surface area (Å²) >= 11 is 0. The second kappa shape index (κ2) is 6.73. The van der Waals surface area contributed by atoms with E-state index in [-0.39, 0.29) is 18.0 Å². The molecule has 4 rings (SSSR count). The van der Waals surface area contributed by atoms with E-state index in [9.17, 15) is 9.90 Å². The SMILES string of the molecule is CN1CCC[C@@H]1C(=O)N1CCC(O)(c2ccccc2)C2CCCCC21. The van der Waals surface area contributed by atoms with E-state index in [4.69, 9.17) is 0 Å². The molecule has 1 aromatic carbocycles. The molecule has 1 aromatic rings. The molecule has 4 heteroatoms. The average Bonchev–Trinajstić information content (AvgIpc) is 3.08. The summed E-state index contributed by atoms with van der Waals surface area (Å²) in [7, 11) is 2.07. The predicted molar refractivity (Wildman–Crippen MR) is 98.1 cm³/mol. The number of rotatable bonds is 2. The Morgan fingerprint density at radius 1 is 1.08 bits per heavy atom. The van der Waals surface area contributed by atoms with Crippen molar-refractivity contribution in [2.45, 2.75) is 62.6 Å². The van der Waals surface area contributed by atoms with Gasteiger partial charge in [-0.1, -0.05) is 43.2 Å². The summed E-state index contributed by atoms with van der Waals surface area (Å²) in [6.45, 7) is 1.70. The number of nitrogens with zero attached hydrogens (tertiary/aromatic N) is 2. The molecule has 25 heavy (non-hydrogen) atoms. The zero-order valence-electron chi connectivity index (χ0n) is 15.2. The lowest BCUT2D eigenvalue weighted by Crippen LogP contribution is -2.61. The summed E-state index contributed by atoms with van der Waals surface area (Å²) in [6, 6.07) is 10.4. The number of hydrogen-bond donors (Lipinski definition) is 1. The third-order valence-corrected chi connectivity index (χ3v) is 6.84. The summed E-state index contributed by atoms with van der Waals surface area (Å²) in [4.78, 5) is 17.6. The Morgan fingerprint density at radius 3 is 2.56 bits per heavy atom. The second-order valence-electron chi connectivity index (χ2n) is 8.17. The number of aliphatic hydroxyl groups is 1. The first-order chi connectivity index (χ1) is 12.1. The summed E-state index contributed by atoms with van der Waals surface area (Å²) in [5.41, 5.74) is 0.238. The molecule has 0 radical (unpaired) electrons.